The van der Waals surface area contributed by atoms with Gasteiger partial charge in [-0.05, 0) is 56.2 Å². The summed E-state index contributed by atoms with van der Waals surface area (Å²) in [6.45, 7) is 5.16. The van der Waals surface area contributed by atoms with Crippen molar-refractivity contribution >= 4 is 9.84 Å². The van der Waals surface area contributed by atoms with Gasteiger partial charge in [-0.3, -0.25) is 9.36 Å². The van der Waals surface area contributed by atoms with E-state index >= 15 is 0 Å². The second-order valence-electron chi connectivity index (χ2n) is 9.39. The molecule has 4 rings (SSSR count). The fraction of sp³-hybridized carbons (Fsp3) is 0.276. The molecule has 11 heteroatoms. The first kappa shape index (κ1) is 29.1. The number of sulfone groups is 1. The number of pyridine rings is 1. The molecule has 0 fully saturated rings. The molecule has 1 atom stereocenters. The maximum Gasteiger partial charge on any atom is 0.296 e. The van der Waals surface area contributed by atoms with Gasteiger partial charge in [0.2, 0.25) is 21.7 Å². The van der Waals surface area contributed by atoms with E-state index in [0.29, 0.717) is 22.4 Å². The Hall–Kier alpha value is -3.93. The molecule has 0 radical (unpaired) electrons. The average Bonchev–Trinajstić information content (AvgIpc) is 2.91. The van der Waals surface area contributed by atoms with Crippen molar-refractivity contribution in [2.24, 2.45) is 0 Å². The van der Waals surface area contributed by atoms with E-state index in [1.807, 2.05) is 6.07 Å². The Morgan fingerprint density at radius 1 is 1.00 bits per heavy atom. The number of methoxy groups -OCH3 is 1. The zero-order chi connectivity index (χ0) is 29.0. The SMILES string of the molecule is COC[C@@H](c1ccccc1)n1c(COC(C)C)nc(=O)c(S(=O)(=O)c2ccc(-c3ccc(F)nc3C)cc2)c1O. The van der Waals surface area contributed by atoms with Gasteiger partial charge in [0.1, 0.15) is 12.4 Å². The Morgan fingerprint density at radius 3 is 2.27 bits per heavy atom. The van der Waals surface area contributed by atoms with Crippen molar-refractivity contribution in [1.82, 2.24) is 14.5 Å². The number of aryl methyl sites for hydroxylation is 1. The van der Waals surface area contributed by atoms with Crippen molar-refractivity contribution < 1.29 is 27.4 Å². The predicted octanol–water partition coefficient (Wildman–Crippen LogP) is 4.45. The topological polar surface area (TPSA) is 121 Å². The first-order valence-corrected chi connectivity index (χ1v) is 14.0. The lowest BCUT2D eigenvalue weighted by Crippen LogP contribution is -2.29. The smallest absolute Gasteiger partial charge is 0.296 e. The molecule has 9 nitrogen and oxygen atoms in total. The van der Waals surface area contributed by atoms with Crippen molar-refractivity contribution in [3.8, 4) is 17.0 Å². The summed E-state index contributed by atoms with van der Waals surface area (Å²) in [6, 6.07) is 16.8. The third-order valence-electron chi connectivity index (χ3n) is 6.30. The number of ether oxygens (including phenoxy) is 2. The minimum Gasteiger partial charge on any atom is -0.493 e. The fourth-order valence-corrected chi connectivity index (χ4v) is 5.72. The molecule has 1 N–H and O–H groups in total. The molecule has 0 saturated heterocycles. The summed E-state index contributed by atoms with van der Waals surface area (Å²) >= 11 is 0. The Bertz CT molecular complexity index is 1660. The lowest BCUT2D eigenvalue weighted by Gasteiger charge is -2.25. The number of nitrogens with zero attached hydrogens (tertiary/aromatic N) is 3. The van der Waals surface area contributed by atoms with E-state index in [0.717, 1.165) is 0 Å². The normalized spacial score (nSPS) is 12.6. The molecule has 0 amide bonds. The molecular formula is C29H30FN3O6S. The highest BCUT2D eigenvalue weighted by Gasteiger charge is 2.32. The van der Waals surface area contributed by atoms with Crippen LogP contribution in [0, 0.1) is 12.9 Å². The monoisotopic (exact) mass is 567 g/mol. The van der Waals surface area contributed by atoms with Crippen LogP contribution in [0.5, 0.6) is 5.88 Å². The van der Waals surface area contributed by atoms with Gasteiger partial charge in [0, 0.05) is 18.4 Å². The van der Waals surface area contributed by atoms with Crippen LogP contribution in [-0.4, -0.2) is 47.9 Å². The van der Waals surface area contributed by atoms with Gasteiger partial charge in [0.15, 0.2) is 4.90 Å². The molecular weight excluding hydrogens is 537 g/mol. The third kappa shape index (κ3) is 5.96. The Morgan fingerprint density at radius 2 is 1.68 bits per heavy atom. The quantitative estimate of drug-likeness (QED) is 0.279. The van der Waals surface area contributed by atoms with E-state index in [-0.39, 0.29) is 30.0 Å². The fourth-order valence-electron chi connectivity index (χ4n) is 4.37. The van der Waals surface area contributed by atoms with Gasteiger partial charge in [0.25, 0.3) is 5.56 Å². The largest absolute Gasteiger partial charge is 0.493 e. The molecule has 2 aromatic heterocycles. The van der Waals surface area contributed by atoms with Crippen LogP contribution in [-0.2, 0) is 25.9 Å². The summed E-state index contributed by atoms with van der Waals surface area (Å²) in [5.74, 6) is -1.34. The summed E-state index contributed by atoms with van der Waals surface area (Å²) in [5.41, 5.74) is 1.26. The molecule has 210 valence electrons. The number of halogens is 1. The Balaban J connectivity index is 1.86. The molecule has 4 aromatic rings. The number of hydrogen-bond donors (Lipinski definition) is 1. The highest BCUT2D eigenvalue weighted by Crippen LogP contribution is 2.33. The van der Waals surface area contributed by atoms with Crippen LogP contribution in [0.4, 0.5) is 4.39 Å². The highest BCUT2D eigenvalue weighted by molar-refractivity contribution is 7.91. The first-order chi connectivity index (χ1) is 19.0. The lowest BCUT2D eigenvalue weighted by molar-refractivity contribution is 0.0554. The summed E-state index contributed by atoms with van der Waals surface area (Å²) in [6.07, 6.45) is -0.216. The van der Waals surface area contributed by atoms with E-state index in [1.165, 1.54) is 42.0 Å². The summed E-state index contributed by atoms with van der Waals surface area (Å²) in [5, 5.41) is 11.5. The van der Waals surface area contributed by atoms with Crippen molar-refractivity contribution in [3.63, 3.8) is 0 Å². The van der Waals surface area contributed by atoms with Gasteiger partial charge in [-0.1, -0.05) is 42.5 Å². The van der Waals surface area contributed by atoms with E-state index in [1.54, 1.807) is 51.1 Å². The Labute approximate surface area is 231 Å². The van der Waals surface area contributed by atoms with Crippen LogP contribution in [0.1, 0.15) is 37.0 Å². The maximum absolute atomic E-state index is 13.7. The van der Waals surface area contributed by atoms with Crippen LogP contribution < -0.4 is 5.56 Å². The standard InChI is InChI=1S/C29H30FN3O6S/c1-18(2)39-17-26-32-28(34)27(29(35)33(26)24(16-38-4)21-8-6-5-7-9-21)40(36,37)22-12-10-20(11-13-22)23-14-15-25(30)31-19(23)3/h5-15,18,24,35H,16-17H2,1-4H3/t24-/m0/s1. The van der Waals surface area contributed by atoms with Crippen molar-refractivity contribution in [1.29, 1.82) is 0 Å². The average molecular weight is 568 g/mol. The zero-order valence-electron chi connectivity index (χ0n) is 22.5. The van der Waals surface area contributed by atoms with Crippen LogP contribution in [0.3, 0.4) is 0 Å². The first-order valence-electron chi connectivity index (χ1n) is 12.5. The minimum absolute atomic E-state index is 0.0516. The summed E-state index contributed by atoms with van der Waals surface area (Å²) < 4.78 is 53.3. The van der Waals surface area contributed by atoms with Crippen molar-refractivity contribution in [2.45, 2.75) is 49.3 Å². The van der Waals surface area contributed by atoms with E-state index < -0.39 is 38.2 Å². The molecule has 0 saturated carbocycles. The summed E-state index contributed by atoms with van der Waals surface area (Å²) in [7, 11) is -3.04. The van der Waals surface area contributed by atoms with E-state index in [4.69, 9.17) is 9.47 Å². The molecule has 0 unspecified atom stereocenters. The molecule has 0 spiro atoms. The zero-order valence-corrected chi connectivity index (χ0v) is 23.4. The molecule has 2 aromatic carbocycles. The van der Waals surface area contributed by atoms with E-state index in [2.05, 4.69) is 9.97 Å². The lowest BCUT2D eigenvalue weighted by atomic mass is 10.1. The van der Waals surface area contributed by atoms with Crippen molar-refractivity contribution in [3.05, 3.63) is 100 Å². The third-order valence-corrected chi connectivity index (χ3v) is 8.08. The molecule has 2 heterocycles. The number of rotatable bonds is 10. The van der Waals surface area contributed by atoms with Crippen LogP contribution in [0.2, 0.25) is 0 Å². The number of aromatic nitrogens is 3. The maximum atomic E-state index is 13.7. The van der Waals surface area contributed by atoms with Gasteiger partial charge < -0.3 is 14.6 Å². The molecule has 0 aliphatic rings. The summed E-state index contributed by atoms with van der Waals surface area (Å²) in [4.78, 5) is 19.9. The highest BCUT2D eigenvalue weighted by atomic mass is 32.2. The number of aromatic hydroxyl groups is 1. The van der Waals surface area contributed by atoms with Gasteiger partial charge in [-0.25, -0.2) is 13.4 Å². The van der Waals surface area contributed by atoms with Crippen LogP contribution >= 0.6 is 0 Å². The predicted molar refractivity (Wildman–Crippen MR) is 146 cm³/mol. The minimum atomic E-state index is -4.52. The molecule has 0 aliphatic carbocycles. The number of hydrogen-bond acceptors (Lipinski definition) is 8. The van der Waals surface area contributed by atoms with Gasteiger partial charge in [-0.2, -0.15) is 9.37 Å². The molecule has 0 aliphatic heterocycles. The molecule has 0 bridgehead atoms. The van der Waals surface area contributed by atoms with Gasteiger partial charge in [-0.15, -0.1) is 0 Å². The van der Waals surface area contributed by atoms with Gasteiger partial charge in [0.05, 0.1) is 23.6 Å². The second kappa shape index (κ2) is 12.1. The molecule has 40 heavy (non-hydrogen) atoms. The van der Waals surface area contributed by atoms with Crippen LogP contribution in [0.25, 0.3) is 11.1 Å². The van der Waals surface area contributed by atoms with Gasteiger partial charge >= 0.3 is 0 Å². The van der Waals surface area contributed by atoms with E-state index in [9.17, 15) is 22.7 Å². The van der Waals surface area contributed by atoms with Crippen molar-refractivity contribution in [2.75, 3.05) is 13.7 Å². The van der Waals surface area contributed by atoms with Crippen LogP contribution in [0.15, 0.2) is 81.3 Å². The Kier molecular flexibility index (Phi) is 8.77. The second-order valence-corrected chi connectivity index (χ2v) is 11.3. The number of benzene rings is 2.